The average molecular weight is 237 g/mol. The third-order valence-electron chi connectivity index (χ3n) is 1.32. The second-order valence-corrected chi connectivity index (χ2v) is 4.59. The fourth-order valence-electron chi connectivity index (χ4n) is 0.854. The molecule has 0 aliphatic rings. The van der Waals surface area contributed by atoms with Crippen LogP contribution in [0.1, 0.15) is 0 Å². The molecule has 8 heteroatoms. The van der Waals surface area contributed by atoms with Gasteiger partial charge in [0, 0.05) is 0 Å². The van der Waals surface area contributed by atoms with Gasteiger partial charge in [-0.2, -0.15) is 8.42 Å². The zero-order valence-electron chi connectivity index (χ0n) is 6.77. The van der Waals surface area contributed by atoms with Crippen LogP contribution in [-0.4, -0.2) is 21.7 Å². The Bertz CT molecular complexity index is 429. The first-order valence-corrected chi connectivity index (χ1v) is 5.83. The molecule has 1 rings (SSSR count). The Morgan fingerprint density at radius 2 is 1.71 bits per heavy atom. The van der Waals surface area contributed by atoms with E-state index >= 15 is 0 Å². The van der Waals surface area contributed by atoms with Gasteiger partial charge >= 0.3 is 10.3 Å². The molecule has 0 fully saturated rings. The van der Waals surface area contributed by atoms with E-state index in [1.807, 2.05) is 0 Å². The molecule has 0 heterocycles. The van der Waals surface area contributed by atoms with Crippen molar-refractivity contribution in [2.75, 3.05) is 3.71 Å². The summed E-state index contributed by atoms with van der Waals surface area (Å²) in [6.45, 7) is 0. The van der Waals surface area contributed by atoms with E-state index in [0.717, 1.165) is 0 Å². The highest BCUT2D eigenvalue weighted by molar-refractivity contribution is 8.02. The van der Waals surface area contributed by atoms with Crippen LogP contribution < -0.4 is 3.71 Å². The summed E-state index contributed by atoms with van der Waals surface area (Å²) in [5.41, 5.74) is -0.0872. The van der Waals surface area contributed by atoms with Crippen LogP contribution in [0.5, 0.6) is 0 Å². The zero-order valence-corrected chi connectivity index (χ0v) is 8.40. The summed E-state index contributed by atoms with van der Waals surface area (Å²) in [4.78, 5) is 0. The van der Waals surface area contributed by atoms with Crippen LogP contribution >= 0.6 is 0 Å². The minimum atomic E-state index is -4.73. The van der Waals surface area contributed by atoms with Crippen LogP contribution in [0.25, 0.3) is 0 Å². The third-order valence-corrected chi connectivity index (χ3v) is 3.39. The average Bonchev–Trinajstić information content (AvgIpc) is 2.02. The smallest absolute Gasteiger partial charge is 0.288 e. The normalized spacial score (nSPS) is 13.6. The van der Waals surface area contributed by atoms with E-state index in [1.165, 1.54) is 24.3 Å². The first-order valence-electron chi connectivity index (χ1n) is 3.36. The fourth-order valence-corrected chi connectivity index (χ4v) is 2.19. The van der Waals surface area contributed by atoms with E-state index in [2.05, 4.69) is 0 Å². The Labute approximate surface area is 83.5 Å². The number of nitrogens with zero attached hydrogens (tertiary/aromatic N) is 1. The van der Waals surface area contributed by atoms with Gasteiger partial charge in [0.05, 0.1) is 5.69 Å². The second-order valence-electron chi connectivity index (χ2n) is 2.27. The Morgan fingerprint density at radius 1 is 1.21 bits per heavy atom. The number of benzene rings is 1. The summed E-state index contributed by atoms with van der Waals surface area (Å²) in [5.74, 6) is 0. The van der Waals surface area contributed by atoms with Gasteiger partial charge in [0.15, 0.2) is 0 Å². The molecule has 0 aromatic heterocycles. The largest absolute Gasteiger partial charge is 0.373 e. The fraction of sp³-hybridized carbons (Fsp3) is 0. The first kappa shape index (κ1) is 11.1. The molecule has 6 nitrogen and oxygen atoms in total. The van der Waals surface area contributed by atoms with E-state index in [4.69, 9.17) is 9.11 Å². The van der Waals surface area contributed by atoms with Crippen molar-refractivity contribution >= 4 is 27.3 Å². The van der Waals surface area contributed by atoms with Crippen LogP contribution in [0.15, 0.2) is 30.3 Å². The molecule has 0 saturated heterocycles. The lowest BCUT2D eigenvalue weighted by atomic mass is 10.3. The molecule has 1 unspecified atom stereocenters. The van der Waals surface area contributed by atoms with Crippen molar-refractivity contribution in [1.29, 1.82) is 0 Å². The van der Waals surface area contributed by atoms with Gasteiger partial charge in [-0.3, -0.25) is 9.11 Å². The first-order chi connectivity index (χ1) is 6.43. The molecule has 0 aliphatic carbocycles. The highest BCUT2D eigenvalue weighted by atomic mass is 32.3. The molecule has 1 atom stereocenters. The molecule has 1 aromatic rings. The van der Waals surface area contributed by atoms with E-state index in [1.54, 1.807) is 6.07 Å². The van der Waals surface area contributed by atoms with Gasteiger partial charge < -0.3 is 0 Å². The predicted molar refractivity (Wildman–Crippen MR) is 51.2 cm³/mol. The van der Waals surface area contributed by atoms with Crippen molar-refractivity contribution in [3.63, 3.8) is 0 Å². The lowest BCUT2D eigenvalue weighted by Crippen LogP contribution is -2.31. The third kappa shape index (κ3) is 2.51. The number of rotatable bonds is 3. The minimum absolute atomic E-state index is 0.00694. The minimum Gasteiger partial charge on any atom is -0.288 e. The molecule has 14 heavy (non-hydrogen) atoms. The van der Waals surface area contributed by atoms with Crippen LogP contribution in [0.4, 0.5) is 5.69 Å². The van der Waals surface area contributed by atoms with Gasteiger partial charge in [0.25, 0.3) is 11.3 Å². The van der Waals surface area contributed by atoms with Gasteiger partial charge in [0.1, 0.15) is 0 Å². The van der Waals surface area contributed by atoms with Crippen LogP contribution in [0.2, 0.25) is 0 Å². The quantitative estimate of drug-likeness (QED) is 0.587. The van der Waals surface area contributed by atoms with E-state index in [-0.39, 0.29) is 9.40 Å². The van der Waals surface area contributed by atoms with Gasteiger partial charge in [-0.15, -0.1) is 3.71 Å². The molecule has 0 saturated carbocycles. The second kappa shape index (κ2) is 4.05. The topological polar surface area (TPSA) is 94.9 Å². The summed E-state index contributed by atoms with van der Waals surface area (Å²) in [5, 5.41) is 0. The summed E-state index contributed by atoms with van der Waals surface area (Å²) in [6.07, 6.45) is 0. The molecule has 78 valence electrons. The highest BCUT2D eigenvalue weighted by Gasteiger charge is 2.24. The number of hydrogen-bond acceptors (Lipinski definition) is 3. The standard InChI is InChI=1S/C6H7NO5S2/c8-13(9)7(14(10,11)12)6-4-2-1-3-5-6/h1-5H,(H,8,9)(H,10,11,12). The Morgan fingerprint density at radius 3 is 2.07 bits per heavy atom. The lowest BCUT2D eigenvalue weighted by molar-refractivity contribution is 0.482. The van der Waals surface area contributed by atoms with Crippen molar-refractivity contribution < 1.29 is 21.7 Å². The molecule has 0 amide bonds. The molecule has 0 spiro atoms. The highest BCUT2D eigenvalue weighted by Crippen LogP contribution is 2.17. The monoisotopic (exact) mass is 237 g/mol. The Hall–Kier alpha value is -0.960. The van der Waals surface area contributed by atoms with Crippen LogP contribution in [0, 0.1) is 0 Å². The zero-order chi connectivity index (χ0) is 10.8. The van der Waals surface area contributed by atoms with Gasteiger partial charge in [0.2, 0.25) is 0 Å². The summed E-state index contributed by atoms with van der Waals surface area (Å²) < 4.78 is 49.3. The van der Waals surface area contributed by atoms with E-state index in [9.17, 15) is 12.6 Å². The van der Waals surface area contributed by atoms with E-state index in [0.29, 0.717) is 0 Å². The van der Waals surface area contributed by atoms with Crippen molar-refractivity contribution in [2.45, 2.75) is 0 Å². The number of hydrogen-bond donors (Lipinski definition) is 2. The van der Waals surface area contributed by atoms with Gasteiger partial charge in [-0.25, -0.2) is 4.21 Å². The molecular formula is C6H7NO5S2. The van der Waals surface area contributed by atoms with Crippen molar-refractivity contribution in [3.8, 4) is 0 Å². The maximum absolute atomic E-state index is 10.7. The van der Waals surface area contributed by atoms with Gasteiger partial charge in [-0.05, 0) is 12.1 Å². The molecule has 0 bridgehead atoms. The van der Waals surface area contributed by atoms with E-state index < -0.39 is 21.6 Å². The summed E-state index contributed by atoms with van der Waals surface area (Å²) in [7, 11) is -4.73. The predicted octanol–water partition coefficient (Wildman–Crippen LogP) is 0.433. The molecule has 0 aliphatic heterocycles. The summed E-state index contributed by atoms with van der Waals surface area (Å²) in [6, 6.07) is 7.11. The van der Waals surface area contributed by atoms with Crippen LogP contribution in [0.3, 0.4) is 0 Å². The SMILES string of the molecule is O=S(O)N(c1ccccc1)S(=O)(=O)O. The van der Waals surface area contributed by atoms with Gasteiger partial charge in [-0.1, -0.05) is 18.2 Å². The van der Waals surface area contributed by atoms with Crippen molar-refractivity contribution in [1.82, 2.24) is 0 Å². The maximum Gasteiger partial charge on any atom is 0.373 e. The van der Waals surface area contributed by atoms with Crippen LogP contribution in [-0.2, 0) is 21.6 Å². The maximum atomic E-state index is 10.7. The molecule has 1 aromatic carbocycles. The van der Waals surface area contributed by atoms with Crippen molar-refractivity contribution in [3.05, 3.63) is 30.3 Å². The Kier molecular flexibility index (Phi) is 3.21. The molecule has 2 N–H and O–H groups in total. The molecular weight excluding hydrogens is 230 g/mol. The number of anilines is 1. The molecule has 0 radical (unpaired) electrons. The van der Waals surface area contributed by atoms with Crippen molar-refractivity contribution in [2.24, 2.45) is 0 Å². The number of para-hydroxylation sites is 1. The summed E-state index contributed by atoms with van der Waals surface area (Å²) >= 11 is -2.83. The lowest BCUT2D eigenvalue weighted by Gasteiger charge is -2.14. The Balaban J connectivity index is 3.22.